The van der Waals surface area contributed by atoms with Crippen LogP contribution >= 0.6 is 0 Å². The standard InChI is InChI=1S/C50H30N4O2/c1-4-13-31(14-5-1)34-25-27-37-35(29-34)19-10-22-40(37)50-51-42-23-11-21-39(46(42)56-50)38-20-12-24-44-45(38)41-30-36(26-28-43(41)55-44)49-53-47(32-15-6-2-7-16-32)52-48(54-49)33-17-8-3-9-18-33/h1-30H. The van der Waals surface area contributed by atoms with Crippen LogP contribution in [0.2, 0.25) is 0 Å². The van der Waals surface area contributed by atoms with Crippen LogP contribution in [0.5, 0.6) is 0 Å². The summed E-state index contributed by atoms with van der Waals surface area (Å²) in [5, 5.41) is 4.15. The second-order valence-electron chi connectivity index (χ2n) is 13.8. The van der Waals surface area contributed by atoms with Crippen LogP contribution in [0.15, 0.2) is 191 Å². The number of para-hydroxylation sites is 1. The number of fused-ring (bicyclic) bond motifs is 5. The minimum Gasteiger partial charge on any atom is -0.456 e. The van der Waals surface area contributed by atoms with Crippen molar-refractivity contribution >= 4 is 43.8 Å². The lowest BCUT2D eigenvalue weighted by Crippen LogP contribution is -2.00. The number of hydrogen-bond acceptors (Lipinski definition) is 6. The minimum absolute atomic E-state index is 0.579. The van der Waals surface area contributed by atoms with Gasteiger partial charge in [0, 0.05) is 38.6 Å². The van der Waals surface area contributed by atoms with Gasteiger partial charge >= 0.3 is 0 Å². The van der Waals surface area contributed by atoms with Crippen LogP contribution in [-0.4, -0.2) is 19.9 Å². The van der Waals surface area contributed by atoms with Crippen molar-refractivity contribution in [3.8, 4) is 67.9 Å². The Morgan fingerprint density at radius 2 is 0.946 bits per heavy atom. The zero-order chi connectivity index (χ0) is 37.0. The Balaban J connectivity index is 1.05. The van der Waals surface area contributed by atoms with Crippen molar-refractivity contribution in [3.63, 3.8) is 0 Å². The smallest absolute Gasteiger partial charge is 0.227 e. The van der Waals surface area contributed by atoms with Crippen LogP contribution in [0.3, 0.4) is 0 Å². The molecular formula is C50H30N4O2. The lowest BCUT2D eigenvalue weighted by molar-refractivity contribution is 0.621. The van der Waals surface area contributed by atoms with E-state index in [2.05, 4.69) is 78.9 Å². The van der Waals surface area contributed by atoms with Crippen molar-refractivity contribution in [1.82, 2.24) is 19.9 Å². The van der Waals surface area contributed by atoms with E-state index in [1.165, 1.54) is 11.1 Å². The first-order chi connectivity index (χ1) is 27.7. The van der Waals surface area contributed by atoms with E-state index >= 15 is 0 Å². The van der Waals surface area contributed by atoms with Gasteiger partial charge in [0.25, 0.3) is 0 Å². The van der Waals surface area contributed by atoms with Gasteiger partial charge in [-0.3, -0.25) is 0 Å². The average molecular weight is 719 g/mol. The highest BCUT2D eigenvalue weighted by atomic mass is 16.3. The van der Waals surface area contributed by atoms with E-state index in [4.69, 9.17) is 28.8 Å². The van der Waals surface area contributed by atoms with Gasteiger partial charge in [0.2, 0.25) is 5.89 Å². The lowest BCUT2D eigenvalue weighted by Gasteiger charge is -2.09. The maximum Gasteiger partial charge on any atom is 0.227 e. The number of rotatable bonds is 6. The number of oxazole rings is 1. The minimum atomic E-state index is 0.579. The van der Waals surface area contributed by atoms with Crippen LogP contribution in [0, 0.1) is 0 Å². The molecular weight excluding hydrogens is 689 g/mol. The highest BCUT2D eigenvalue weighted by Gasteiger charge is 2.20. The molecule has 262 valence electrons. The topological polar surface area (TPSA) is 77.8 Å². The molecule has 8 aromatic carbocycles. The van der Waals surface area contributed by atoms with Crippen LogP contribution < -0.4 is 0 Å². The average Bonchev–Trinajstić information content (AvgIpc) is 3.89. The van der Waals surface area contributed by atoms with Crippen molar-refractivity contribution < 1.29 is 8.83 Å². The number of aromatic nitrogens is 4. The summed E-state index contributed by atoms with van der Waals surface area (Å²) in [5.74, 6) is 2.39. The SMILES string of the molecule is c1ccc(-c2ccc3c(-c4nc5cccc(-c6cccc7oc8ccc(-c9nc(-c%10ccccc%10)nc(-c%10ccccc%10)n9)cc8c67)c5o4)cccc3c2)cc1. The van der Waals surface area contributed by atoms with Gasteiger partial charge in [-0.2, -0.15) is 0 Å². The van der Waals surface area contributed by atoms with Crippen LogP contribution in [-0.2, 0) is 0 Å². The Morgan fingerprint density at radius 3 is 1.68 bits per heavy atom. The molecule has 3 heterocycles. The van der Waals surface area contributed by atoms with Crippen molar-refractivity contribution in [2.75, 3.05) is 0 Å². The number of benzene rings is 8. The van der Waals surface area contributed by atoms with Gasteiger partial charge in [0.1, 0.15) is 16.7 Å². The fourth-order valence-corrected chi connectivity index (χ4v) is 7.68. The monoisotopic (exact) mass is 718 g/mol. The molecule has 0 saturated carbocycles. The van der Waals surface area contributed by atoms with Crippen LogP contribution in [0.1, 0.15) is 0 Å². The van der Waals surface area contributed by atoms with Crippen molar-refractivity contribution in [2.24, 2.45) is 0 Å². The highest BCUT2D eigenvalue weighted by Crippen LogP contribution is 2.42. The summed E-state index contributed by atoms with van der Waals surface area (Å²) in [6.07, 6.45) is 0. The molecule has 6 heteroatoms. The number of nitrogens with zero attached hydrogens (tertiary/aromatic N) is 4. The van der Waals surface area contributed by atoms with Crippen molar-refractivity contribution in [3.05, 3.63) is 182 Å². The fraction of sp³-hybridized carbons (Fsp3) is 0. The van der Waals surface area contributed by atoms with Crippen LogP contribution in [0.4, 0.5) is 0 Å². The molecule has 0 aliphatic carbocycles. The third kappa shape index (κ3) is 5.43. The van der Waals surface area contributed by atoms with Gasteiger partial charge in [-0.1, -0.05) is 140 Å². The second kappa shape index (κ2) is 13.0. The van der Waals surface area contributed by atoms with Gasteiger partial charge in [-0.05, 0) is 69.9 Å². The van der Waals surface area contributed by atoms with Gasteiger partial charge in [-0.15, -0.1) is 0 Å². The quantitative estimate of drug-likeness (QED) is 0.170. The molecule has 56 heavy (non-hydrogen) atoms. The predicted molar refractivity (Wildman–Crippen MR) is 225 cm³/mol. The molecule has 0 amide bonds. The predicted octanol–water partition coefficient (Wildman–Crippen LogP) is 13.1. The molecule has 3 aromatic heterocycles. The molecule has 0 aliphatic heterocycles. The van der Waals surface area contributed by atoms with E-state index in [1.807, 2.05) is 103 Å². The molecule has 11 aromatic rings. The first-order valence-electron chi connectivity index (χ1n) is 18.5. The molecule has 0 atom stereocenters. The van der Waals surface area contributed by atoms with Crippen molar-refractivity contribution in [1.29, 1.82) is 0 Å². The zero-order valence-corrected chi connectivity index (χ0v) is 29.9. The Morgan fingerprint density at radius 1 is 0.339 bits per heavy atom. The molecule has 0 N–H and O–H groups in total. The molecule has 0 bridgehead atoms. The summed E-state index contributed by atoms with van der Waals surface area (Å²) in [4.78, 5) is 19.9. The molecule has 0 fully saturated rings. The summed E-state index contributed by atoms with van der Waals surface area (Å²) in [6.45, 7) is 0. The highest BCUT2D eigenvalue weighted by molar-refractivity contribution is 6.15. The molecule has 0 saturated heterocycles. The Hall–Kier alpha value is -7.70. The van der Waals surface area contributed by atoms with Gasteiger partial charge in [0.15, 0.2) is 23.1 Å². The number of hydrogen-bond donors (Lipinski definition) is 0. The maximum absolute atomic E-state index is 6.73. The normalized spacial score (nSPS) is 11.6. The first kappa shape index (κ1) is 31.8. The summed E-state index contributed by atoms with van der Waals surface area (Å²) < 4.78 is 13.2. The van der Waals surface area contributed by atoms with E-state index in [0.717, 1.165) is 77.2 Å². The largest absolute Gasteiger partial charge is 0.456 e. The van der Waals surface area contributed by atoms with E-state index in [1.54, 1.807) is 0 Å². The van der Waals surface area contributed by atoms with E-state index in [-0.39, 0.29) is 0 Å². The first-order valence-corrected chi connectivity index (χ1v) is 18.5. The third-order valence-corrected chi connectivity index (χ3v) is 10.4. The molecule has 11 rings (SSSR count). The molecule has 0 aliphatic rings. The zero-order valence-electron chi connectivity index (χ0n) is 29.9. The third-order valence-electron chi connectivity index (χ3n) is 10.4. The second-order valence-corrected chi connectivity index (χ2v) is 13.8. The van der Waals surface area contributed by atoms with Gasteiger partial charge in [-0.25, -0.2) is 19.9 Å². The Labute approximate surface area is 321 Å². The summed E-state index contributed by atoms with van der Waals surface area (Å²) in [5.41, 5.74) is 11.0. The molecule has 0 spiro atoms. The Bertz CT molecular complexity index is 3190. The van der Waals surface area contributed by atoms with E-state index in [9.17, 15) is 0 Å². The summed E-state index contributed by atoms with van der Waals surface area (Å²) in [7, 11) is 0. The molecule has 0 radical (unpaired) electrons. The lowest BCUT2D eigenvalue weighted by atomic mass is 9.98. The van der Waals surface area contributed by atoms with E-state index < -0.39 is 0 Å². The Kier molecular flexibility index (Phi) is 7.38. The van der Waals surface area contributed by atoms with Crippen LogP contribution in [0.25, 0.3) is 112 Å². The fourth-order valence-electron chi connectivity index (χ4n) is 7.68. The summed E-state index contributed by atoms with van der Waals surface area (Å²) >= 11 is 0. The molecule has 0 unspecified atom stereocenters. The van der Waals surface area contributed by atoms with Gasteiger partial charge < -0.3 is 8.83 Å². The van der Waals surface area contributed by atoms with E-state index in [0.29, 0.717) is 23.4 Å². The maximum atomic E-state index is 6.73. The van der Waals surface area contributed by atoms with Crippen molar-refractivity contribution in [2.45, 2.75) is 0 Å². The van der Waals surface area contributed by atoms with Gasteiger partial charge in [0.05, 0.1) is 0 Å². The molecule has 6 nitrogen and oxygen atoms in total. The summed E-state index contributed by atoms with van der Waals surface area (Å²) in [6, 6.07) is 61.7. The number of furan rings is 1.